The Bertz CT molecular complexity index is 1800. The fourth-order valence-electron chi connectivity index (χ4n) is 5.52. The minimum Gasteiger partial charge on any atom is -0.481 e. The molecule has 1 unspecified atom stereocenters. The van der Waals surface area contributed by atoms with Crippen LogP contribution in [0.2, 0.25) is 0 Å². The average Bonchev–Trinajstić information content (AvgIpc) is 3.15. The molecule has 24 heteroatoms. The second-order valence-electron chi connectivity index (χ2n) is 12.8. The molecule has 1 saturated heterocycles. The number of ether oxygens (including phenoxy) is 1. The van der Waals surface area contributed by atoms with Crippen LogP contribution in [-0.4, -0.2) is 145 Å². The first-order chi connectivity index (χ1) is 27.0. The van der Waals surface area contributed by atoms with Crippen LogP contribution in [0, 0.1) is 5.41 Å². The maximum absolute atomic E-state index is 13.7. The Morgan fingerprint density at radius 2 is 1.58 bits per heavy atom. The van der Waals surface area contributed by atoms with Gasteiger partial charge in [-0.1, -0.05) is 30.3 Å². The van der Waals surface area contributed by atoms with Crippen molar-refractivity contribution in [2.45, 2.75) is 81.0 Å². The van der Waals surface area contributed by atoms with Crippen LogP contribution in [0.25, 0.3) is 0 Å². The number of hydrogen-bond acceptors (Lipinski definition) is 15. The first-order valence-corrected chi connectivity index (χ1v) is 17.4. The SMILES string of the molecule is N=C(N)NCCC[C@H](NC(=O)[C@H](Cc1ccccc1)NC(=O)Cn1ccc(N)nc1=O)C(=O)NCC(=O)N[C@@H](CC(=O)O)C(=O)N[C@H]1C(O)O[C@H](CO)[C@@H](O)[C@@H]1O. The Hall–Kier alpha value is -6.21. The molecule has 0 aliphatic carbocycles. The summed E-state index contributed by atoms with van der Waals surface area (Å²) in [4.78, 5) is 93.3. The van der Waals surface area contributed by atoms with Gasteiger partial charge in [0.2, 0.25) is 29.5 Å². The molecule has 0 spiro atoms. The number of benzene rings is 1. The third-order valence-corrected chi connectivity index (χ3v) is 8.42. The molecule has 3 rings (SSSR count). The summed E-state index contributed by atoms with van der Waals surface area (Å²) in [5.74, 6) is -6.75. The second kappa shape index (κ2) is 21.8. The fourth-order valence-corrected chi connectivity index (χ4v) is 5.52. The smallest absolute Gasteiger partial charge is 0.349 e. The van der Waals surface area contributed by atoms with Crippen molar-refractivity contribution in [2.24, 2.45) is 5.73 Å². The largest absolute Gasteiger partial charge is 0.481 e. The molecule has 0 radical (unpaired) electrons. The van der Waals surface area contributed by atoms with Crippen molar-refractivity contribution >= 4 is 47.3 Å². The first kappa shape index (κ1) is 45.2. The molecule has 16 N–H and O–H groups in total. The topological polar surface area (TPSA) is 396 Å². The van der Waals surface area contributed by atoms with E-state index < -0.39 is 116 Å². The highest BCUT2D eigenvalue weighted by atomic mass is 16.6. The Kier molecular flexibility index (Phi) is 17.3. The van der Waals surface area contributed by atoms with Gasteiger partial charge in [-0.2, -0.15) is 4.98 Å². The first-order valence-electron chi connectivity index (χ1n) is 17.4. The van der Waals surface area contributed by atoms with Crippen LogP contribution in [0.1, 0.15) is 24.8 Å². The van der Waals surface area contributed by atoms with Crippen LogP contribution in [0.15, 0.2) is 47.4 Å². The van der Waals surface area contributed by atoms with Gasteiger partial charge in [-0.3, -0.25) is 38.7 Å². The van der Waals surface area contributed by atoms with Gasteiger partial charge >= 0.3 is 11.7 Å². The summed E-state index contributed by atoms with van der Waals surface area (Å²) in [6, 6.07) is 3.66. The number of rotatable bonds is 20. The van der Waals surface area contributed by atoms with Crippen molar-refractivity contribution in [3.8, 4) is 0 Å². The van der Waals surface area contributed by atoms with Crippen molar-refractivity contribution in [3.05, 3.63) is 58.6 Å². The van der Waals surface area contributed by atoms with E-state index in [1.807, 2.05) is 0 Å². The highest BCUT2D eigenvalue weighted by Crippen LogP contribution is 2.20. The quantitative estimate of drug-likeness (QED) is 0.0336. The van der Waals surface area contributed by atoms with E-state index in [0.29, 0.717) is 5.56 Å². The number of aliphatic hydroxyl groups is 4. The van der Waals surface area contributed by atoms with Crippen molar-refractivity contribution < 1.29 is 59.0 Å². The van der Waals surface area contributed by atoms with Gasteiger partial charge in [-0.15, -0.1) is 0 Å². The van der Waals surface area contributed by atoms with Gasteiger partial charge in [-0.25, -0.2) is 4.79 Å². The summed E-state index contributed by atoms with van der Waals surface area (Å²) in [6.07, 6.45) is -6.66. The van der Waals surface area contributed by atoms with Gasteiger partial charge in [0.15, 0.2) is 12.2 Å². The van der Waals surface area contributed by atoms with E-state index in [0.717, 1.165) is 4.57 Å². The van der Waals surface area contributed by atoms with E-state index in [4.69, 9.17) is 21.6 Å². The van der Waals surface area contributed by atoms with Gasteiger partial charge < -0.3 is 73.6 Å². The number of nitrogens with zero attached hydrogens (tertiary/aromatic N) is 2. The number of nitrogen functional groups attached to an aromatic ring is 1. The van der Waals surface area contributed by atoms with E-state index in [2.05, 4.69) is 36.9 Å². The zero-order valence-corrected chi connectivity index (χ0v) is 30.4. The number of nitrogens with two attached hydrogens (primary N) is 2. The van der Waals surface area contributed by atoms with Gasteiger partial charge in [-0.05, 0) is 24.5 Å². The predicted octanol–water partition coefficient (Wildman–Crippen LogP) is -6.71. The number of amides is 5. The van der Waals surface area contributed by atoms with Crippen LogP contribution < -0.4 is 49.1 Å². The molecule has 1 aliphatic heterocycles. The Morgan fingerprint density at radius 1 is 0.895 bits per heavy atom. The van der Waals surface area contributed by atoms with E-state index in [-0.39, 0.29) is 37.6 Å². The molecule has 0 bridgehead atoms. The normalized spacial score (nSPS) is 20.5. The van der Waals surface area contributed by atoms with Crippen molar-refractivity contribution in [2.75, 3.05) is 25.4 Å². The number of carbonyl (C=O) groups excluding carboxylic acids is 5. The van der Waals surface area contributed by atoms with Crippen molar-refractivity contribution in [1.29, 1.82) is 5.41 Å². The minimum atomic E-state index is -1.94. The molecule has 2 heterocycles. The lowest BCUT2D eigenvalue weighted by Gasteiger charge is -2.40. The van der Waals surface area contributed by atoms with Crippen molar-refractivity contribution in [1.82, 2.24) is 41.5 Å². The number of hydrogen-bond donors (Lipinski definition) is 14. The van der Waals surface area contributed by atoms with Crippen LogP contribution in [0.3, 0.4) is 0 Å². The molecule has 0 saturated carbocycles. The zero-order chi connectivity index (χ0) is 42.2. The van der Waals surface area contributed by atoms with Gasteiger partial charge in [0, 0.05) is 19.2 Å². The summed E-state index contributed by atoms with van der Waals surface area (Å²) in [6.45, 7) is -2.05. The van der Waals surface area contributed by atoms with Crippen LogP contribution >= 0.6 is 0 Å². The van der Waals surface area contributed by atoms with Gasteiger partial charge in [0.25, 0.3) is 0 Å². The number of carboxylic acids is 1. The molecule has 24 nitrogen and oxygen atoms in total. The third kappa shape index (κ3) is 14.4. The molecular formula is C33H47N11O13. The lowest BCUT2D eigenvalue weighted by atomic mass is 9.96. The van der Waals surface area contributed by atoms with Crippen LogP contribution in [-0.2, 0) is 46.5 Å². The number of aliphatic carboxylic acids is 1. The highest BCUT2D eigenvalue weighted by molar-refractivity contribution is 5.95. The van der Waals surface area contributed by atoms with Crippen LogP contribution in [0.5, 0.6) is 0 Å². The maximum Gasteiger partial charge on any atom is 0.349 e. The van der Waals surface area contributed by atoms with E-state index >= 15 is 0 Å². The number of guanidine groups is 1. The third-order valence-electron chi connectivity index (χ3n) is 8.42. The standard InChI is InChI=1S/C33H47N11O13/c34-21-8-10-44(33(56)42-21)14-23(47)40-18(11-16-5-2-1-3-6-16)29(53)41-17(7-4-9-37-32(35)36)28(52)38-13-22(46)39-19(12-24(48)49)30(54)43-25-27(51)26(50)20(15-45)57-31(25)55/h1-3,5-6,8,10,17-20,25-27,31,45,50-51,55H,4,7,9,11-15H2,(H,38,52)(H,39,46)(H,40,47)(H,41,53)(H,43,54)(H,48,49)(H2,34,42,56)(H4,35,36,37)/t17-,18-,19-,20+,25+,26+,27+,31?/m0/s1. The average molecular weight is 806 g/mol. The zero-order valence-electron chi connectivity index (χ0n) is 30.4. The summed E-state index contributed by atoms with van der Waals surface area (Å²) >= 11 is 0. The molecular weight excluding hydrogens is 758 g/mol. The van der Waals surface area contributed by atoms with Crippen LogP contribution in [0.4, 0.5) is 5.82 Å². The highest BCUT2D eigenvalue weighted by Gasteiger charge is 2.45. The Morgan fingerprint density at radius 3 is 2.21 bits per heavy atom. The van der Waals surface area contributed by atoms with Gasteiger partial charge in [0.05, 0.1) is 19.6 Å². The monoisotopic (exact) mass is 805 g/mol. The van der Waals surface area contributed by atoms with Gasteiger partial charge in [0.1, 0.15) is 54.8 Å². The van der Waals surface area contributed by atoms with E-state index in [1.165, 1.54) is 12.3 Å². The molecule has 5 amide bonds. The molecule has 312 valence electrons. The van der Waals surface area contributed by atoms with E-state index in [1.54, 1.807) is 30.3 Å². The fraction of sp³-hybridized carbons (Fsp3) is 0.485. The lowest BCUT2D eigenvalue weighted by molar-refractivity contribution is -0.254. The lowest BCUT2D eigenvalue weighted by Crippen LogP contribution is -2.66. The molecule has 2 aromatic rings. The predicted molar refractivity (Wildman–Crippen MR) is 195 cm³/mol. The number of carboxylic acid groups (broad SMARTS) is 1. The molecule has 8 atom stereocenters. The molecule has 1 aliphatic rings. The number of nitrogens with one attached hydrogen (secondary N) is 7. The second-order valence-corrected chi connectivity index (χ2v) is 12.8. The number of carbonyl (C=O) groups is 6. The summed E-state index contributed by atoms with van der Waals surface area (Å²) in [5.41, 5.74) is 10.7. The summed E-state index contributed by atoms with van der Waals surface area (Å²) < 4.78 is 5.93. The van der Waals surface area contributed by atoms with E-state index in [9.17, 15) is 59.1 Å². The Labute approximate surface area is 323 Å². The Balaban J connectivity index is 1.72. The summed E-state index contributed by atoms with van der Waals surface area (Å²) in [5, 5.41) is 70.8. The number of aliphatic hydroxyl groups excluding tert-OH is 4. The molecule has 1 aromatic heterocycles. The maximum atomic E-state index is 13.7. The number of aromatic nitrogens is 2. The van der Waals surface area contributed by atoms with Crippen molar-refractivity contribution in [3.63, 3.8) is 0 Å². The molecule has 1 aromatic carbocycles. The molecule has 57 heavy (non-hydrogen) atoms. The summed E-state index contributed by atoms with van der Waals surface area (Å²) in [7, 11) is 0. The number of anilines is 1. The minimum absolute atomic E-state index is 0.0506. The molecule has 1 fully saturated rings.